The van der Waals surface area contributed by atoms with Crippen molar-refractivity contribution in [2.45, 2.75) is 32.4 Å². The van der Waals surface area contributed by atoms with Crippen LogP contribution in [0.3, 0.4) is 0 Å². The number of halogens is 1. The van der Waals surface area contributed by atoms with Gasteiger partial charge in [-0.3, -0.25) is 0 Å². The maximum absolute atomic E-state index is 10.8. The van der Waals surface area contributed by atoms with Crippen molar-refractivity contribution in [2.24, 2.45) is 0 Å². The van der Waals surface area contributed by atoms with Crippen LogP contribution in [0.15, 0.2) is 54.6 Å². The van der Waals surface area contributed by atoms with Crippen molar-refractivity contribution in [3.05, 3.63) is 71.3 Å². The van der Waals surface area contributed by atoms with Crippen LogP contribution in [-0.4, -0.2) is 17.1 Å². The summed E-state index contributed by atoms with van der Waals surface area (Å²) in [4.78, 5) is 10.8. The second kappa shape index (κ2) is 9.23. The van der Waals surface area contributed by atoms with Gasteiger partial charge >= 0.3 is 5.97 Å². The molecule has 0 aromatic heterocycles. The van der Waals surface area contributed by atoms with E-state index in [1.54, 1.807) is 12.1 Å². The SMILES string of the molecule is CC(CCc1ccccc1)NCc1ccc(C(=O)O)cc1.Cl. The van der Waals surface area contributed by atoms with E-state index in [4.69, 9.17) is 5.11 Å². The van der Waals surface area contributed by atoms with E-state index >= 15 is 0 Å². The highest BCUT2D eigenvalue weighted by Gasteiger charge is 2.04. The molecule has 2 aromatic rings. The summed E-state index contributed by atoms with van der Waals surface area (Å²) >= 11 is 0. The number of aryl methyl sites for hydroxylation is 1. The quantitative estimate of drug-likeness (QED) is 0.813. The number of nitrogens with one attached hydrogen (secondary N) is 1. The fraction of sp³-hybridized carbons (Fsp3) is 0.278. The molecule has 1 atom stereocenters. The van der Waals surface area contributed by atoms with E-state index in [0.29, 0.717) is 11.6 Å². The summed E-state index contributed by atoms with van der Waals surface area (Å²) in [5, 5.41) is 12.3. The molecule has 0 aliphatic rings. The van der Waals surface area contributed by atoms with Crippen molar-refractivity contribution in [2.75, 3.05) is 0 Å². The lowest BCUT2D eigenvalue weighted by molar-refractivity contribution is 0.0697. The number of carbonyl (C=O) groups is 1. The van der Waals surface area contributed by atoms with Crippen LogP contribution in [0, 0.1) is 0 Å². The molecule has 0 heterocycles. The van der Waals surface area contributed by atoms with Gasteiger partial charge in [0.05, 0.1) is 5.56 Å². The van der Waals surface area contributed by atoms with Crippen LogP contribution in [0.4, 0.5) is 0 Å². The minimum Gasteiger partial charge on any atom is -0.478 e. The van der Waals surface area contributed by atoms with Crippen molar-refractivity contribution in [3.8, 4) is 0 Å². The average Bonchev–Trinajstić information content (AvgIpc) is 2.52. The first-order chi connectivity index (χ1) is 10.1. The lowest BCUT2D eigenvalue weighted by Gasteiger charge is -2.14. The van der Waals surface area contributed by atoms with Gasteiger partial charge in [0.15, 0.2) is 0 Å². The summed E-state index contributed by atoms with van der Waals surface area (Å²) in [6.07, 6.45) is 2.14. The van der Waals surface area contributed by atoms with Gasteiger partial charge in [0.2, 0.25) is 0 Å². The van der Waals surface area contributed by atoms with Crippen molar-refractivity contribution in [3.63, 3.8) is 0 Å². The first-order valence-corrected chi connectivity index (χ1v) is 7.24. The number of hydrogen-bond acceptors (Lipinski definition) is 2. The molecule has 3 nitrogen and oxygen atoms in total. The van der Waals surface area contributed by atoms with Gasteiger partial charge in [0.1, 0.15) is 0 Å². The molecule has 2 aromatic carbocycles. The number of carboxylic acid groups (broad SMARTS) is 1. The van der Waals surface area contributed by atoms with Gasteiger partial charge in [-0.15, -0.1) is 12.4 Å². The highest BCUT2D eigenvalue weighted by molar-refractivity contribution is 5.87. The van der Waals surface area contributed by atoms with Crippen LogP contribution >= 0.6 is 12.4 Å². The van der Waals surface area contributed by atoms with Gasteiger partial charge in [-0.1, -0.05) is 42.5 Å². The number of rotatable bonds is 7. The van der Waals surface area contributed by atoms with Crippen molar-refractivity contribution in [1.29, 1.82) is 0 Å². The van der Waals surface area contributed by atoms with Crippen molar-refractivity contribution >= 4 is 18.4 Å². The second-order valence-corrected chi connectivity index (χ2v) is 5.31. The Morgan fingerprint density at radius 1 is 1.05 bits per heavy atom. The minimum atomic E-state index is -0.884. The van der Waals surface area contributed by atoms with E-state index < -0.39 is 5.97 Å². The maximum atomic E-state index is 10.8. The summed E-state index contributed by atoms with van der Waals surface area (Å²) in [5.41, 5.74) is 2.79. The van der Waals surface area contributed by atoms with Crippen LogP contribution in [0.2, 0.25) is 0 Å². The van der Waals surface area contributed by atoms with Gasteiger partial charge in [-0.25, -0.2) is 4.79 Å². The number of aromatic carboxylic acids is 1. The highest BCUT2D eigenvalue weighted by Crippen LogP contribution is 2.07. The third-order valence-corrected chi connectivity index (χ3v) is 3.56. The Kier molecular flexibility index (Phi) is 7.64. The lowest BCUT2D eigenvalue weighted by Crippen LogP contribution is -2.25. The Morgan fingerprint density at radius 2 is 1.68 bits per heavy atom. The third kappa shape index (κ3) is 5.88. The Labute approximate surface area is 137 Å². The minimum absolute atomic E-state index is 0. The summed E-state index contributed by atoms with van der Waals surface area (Å²) < 4.78 is 0. The van der Waals surface area contributed by atoms with Crippen LogP contribution in [0.25, 0.3) is 0 Å². The highest BCUT2D eigenvalue weighted by atomic mass is 35.5. The van der Waals surface area contributed by atoms with E-state index in [0.717, 1.165) is 24.9 Å². The molecule has 4 heteroatoms. The third-order valence-electron chi connectivity index (χ3n) is 3.56. The molecular weight excluding hydrogens is 298 g/mol. The van der Waals surface area contributed by atoms with Gasteiger partial charge < -0.3 is 10.4 Å². The van der Waals surface area contributed by atoms with Crippen LogP contribution in [0.5, 0.6) is 0 Å². The zero-order valence-electron chi connectivity index (χ0n) is 12.7. The van der Waals surface area contributed by atoms with Crippen LogP contribution in [-0.2, 0) is 13.0 Å². The average molecular weight is 320 g/mol. The molecule has 0 bridgehead atoms. The maximum Gasteiger partial charge on any atom is 0.335 e. The molecule has 2 N–H and O–H groups in total. The fourth-order valence-electron chi connectivity index (χ4n) is 2.19. The largest absolute Gasteiger partial charge is 0.478 e. The van der Waals surface area contributed by atoms with Crippen LogP contribution in [0.1, 0.15) is 34.8 Å². The Morgan fingerprint density at radius 3 is 2.27 bits per heavy atom. The molecule has 0 aliphatic carbocycles. The molecule has 0 saturated carbocycles. The fourth-order valence-corrected chi connectivity index (χ4v) is 2.19. The van der Waals surface area contributed by atoms with E-state index in [9.17, 15) is 4.79 Å². The Hall–Kier alpha value is -1.84. The first kappa shape index (κ1) is 18.2. The van der Waals surface area contributed by atoms with E-state index in [2.05, 4.69) is 36.5 Å². The summed E-state index contributed by atoms with van der Waals surface area (Å²) in [6, 6.07) is 17.9. The molecular formula is C18H22ClNO2. The summed E-state index contributed by atoms with van der Waals surface area (Å²) in [5.74, 6) is -0.884. The predicted octanol–water partition coefficient (Wildman–Crippen LogP) is 3.92. The summed E-state index contributed by atoms with van der Waals surface area (Å²) in [7, 11) is 0. The van der Waals surface area contributed by atoms with Gasteiger partial charge in [0.25, 0.3) is 0 Å². The molecule has 0 spiro atoms. The molecule has 0 radical (unpaired) electrons. The summed E-state index contributed by atoms with van der Waals surface area (Å²) in [6.45, 7) is 2.93. The molecule has 0 saturated heterocycles. The Balaban J connectivity index is 0.00000242. The van der Waals surface area contributed by atoms with Gasteiger partial charge in [-0.05, 0) is 43.0 Å². The van der Waals surface area contributed by atoms with Gasteiger partial charge in [-0.2, -0.15) is 0 Å². The molecule has 0 fully saturated rings. The standard InChI is InChI=1S/C18H21NO2.ClH/c1-14(7-8-15-5-3-2-4-6-15)19-13-16-9-11-17(12-10-16)18(20)21;/h2-6,9-12,14,19H,7-8,13H2,1H3,(H,20,21);1H. The zero-order chi connectivity index (χ0) is 15.1. The molecule has 22 heavy (non-hydrogen) atoms. The normalized spacial score (nSPS) is 11.5. The van der Waals surface area contributed by atoms with E-state index in [1.807, 2.05) is 18.2 Å². The topological polar surface area (TPSA) is 49.3 Å². The van der Waals surface area contributed by atoms with Gasteiger partial charge in [0, 0.05) is 12.6 Å². The number of hydrogen-bond donors (Lipinski definition) is 2. The van der Waals surface area contributed by atoms with E-state index in [1.165, 1.54) is 5.56 Å². The lowest BCUT2D eigenvalue weighted by atomic mass is 10.1. The first-order valence-electron chi connectivity index (χ1n) is 7.24. The molecule has 2 rings (SSSR count). The molecule has 0 amide bonds. The number of benzene rings is 2. The van der Waals surface area contributed by atoms with Crippen molar-refractivity contribution in [1.82, 2.24) is 5.32 Å². The monoisotopic (exact) mass is 319 g/mol. The smallest absolute Gasteiger partial charge is 0.335 e. The molecule has 118 valence electrons. The second-order valence-electron chi connectivity index (χ2n) is 5.31. The van der Waals surface area contributed by atoms with E-state index in [-0.39, 0.29) is 12.4 Å². The molecule has 0 aliphatic heterocycles. The zero-order valence-corrected chi connectivity index (χ0v) is 13.5. The predicted molar refractivity (Wildman–Crippen MR) is 91.7 cm³/mol. The molecule has 1 unspecified atom stereocenters. The Bertz CT molecular complexity index is 569. The van der Waals surface area contributed by atoms with Crippen molar-refractivity contribution < 1.29 is 9.90 Å². The van der Waals surface area contributed by atoms with Crippen LogP contribution < -0.4 is 5.32 Å². The number of carboxylic acids is 1.